The number of nitrogens with one attached hydrogen (secondary N) is 1. The summed E-state index contributed by atoms with van der Waals surface area (Å²) in [5.41, 5.74) is -0.784. The highest BCUT2D eigenvalue weighted by molar-refractivity contribution is 6.42. The zero-order valence-corrected chi connectivity index (χ0v) is 12.9. The van der Waals surface area contributed by atoms with Gasteiger partial charge in [-0.1, -0.05) is 23.2 Å². The summed E-state index contributed by atoms with van der Waals surface area (Å²) in [5, 5.41) is 9.42. The van der Waals surface area contributed by atoms with Crippen molar-refractivity contribution >= 4 is 35.1 Å². The Balaban J connectivity index is 2.05. The van der Waals surface area contributed by atoms with Crippen LogP contribution in [0, 0.1) is 0 Å². The fraction of sp³-hybridized carbons (Fsp3) is 0.167. The van der Waals surface area contributed by atoms with Crippen molar-refractivity contribution in [1.82, 2.24) is 15.4 Å². The van der Waals surface area contributed by atoms with Crippen LogP contribution in [0.3, 0.4) is 0 Å². The van der Waals surface area contributed by atoms with Crippen LogP contribution in [-0.4, -0.2) is 33.5 Å². The molecule has 0 unspecified atom stereocenters. The van der Waals surface area contributed by atoms with Gasteiger partial charge in [0.2, 0.25) is 0 Å². The number of carbonyl (C=O) groups is 2. The number of ether oxygens (including phenoxy) is 2. The van der Waals surface area contributed by atoms with Gasteiger partial charge in [0.15, 0.2) is 5.69 Å². The van der Waals surface area contributed by atoms with Gasteiger partial charge in [-0.05, 0) is 12.1 Å². The molecule has 2 rings (SSSR count). The fourth-order valence-electron chi connectivity index (χ4n) is 1.43. The summed E-state index contributed by atoms with van der Waals surface area (Å²) in [4.78, 5) is 22.2. The Bertz CT molecular complexity index is 779. The van der Waals surface area contributed by atoms with Crippen LogP contribution in [0.2, 0.25) is 10.0 Å². The van der Waals surface area contributed by atoms with E-state index < -0.39 is 23.8 Å². The van der Waals surface area contributed by atoms with E-state index in [4.69, 9.17) is 27.9 Å². The molecule has 128 valence electrons. The lowest BCUT2D eigenvalue weighted by molar-refractivity contribution is -0.193. The van der Waals surface area contributed by atoms with E-state index in [1.165, 1.54) is 18.2 Å². The third kappa shape index (κ3) is 4.36. The van der Waals surface area contributed by atoms with Gasteiger partial charge in [0, 0.05) is 6.07 Å². The Hall–Kier alpha value is -2.33. The molecule has 7 nitrogen and oxygen atoms in total. The first-order chi connectivity index (χ1) is 11.2. The van der Waals surface area contributed by atoms with Crippen molar-refractivity contribution in [3.05, 3.63) is 39.6 Å². The van der Waals surface area contributed by atoms with Crippen molar-refractivity contribution < 1.29 is 32.2 Å². The zero-order chi connectivity index (χ0) is 17.9. The molecule has 0 bridgehead atoms. The number of hydrogen-bond donors (Lipinski definition) is 1. The van der Waals surface area contributed by atoms with E-state index >= 15 is 0 Å². The first-order valence-electron chi connectivity index (χ1n) is 5.99. The summed E-state index contributed by atoms with van der Waals surface area (Å²) >= 11 is 11.5. The number of nitrogens with zero attached hydrogens (tertiary/aromatic N) is 2. The van der Waals surface area contributed by atoms with E-state index in [-0.39, 0.29) is 23.1 Å². The van der Waals surface area contributed by atoms with Crippen LogP contribution in [-0.2, 0) is 16.1 Å². The number of H-pyrrole nitrogens is 1. The number of carbonyl (C=O) groups excluding carboxylic acids is 2. The van der Waals surface area contributed by atoms with Crippen LogP contribution < -0.4 is 4.74 Å². The van der Waals surface area contributed by atoms with E-state index in [1.807, 2.05) is 5.21 Å². The monoisotopic (exact) mass is 383 g/mol. The number of aromatic amines is 1. The van der Waals surface area contributed by atoms with Crippen LogP contribution in [0.4, 0.5) is 13.2 Å². The Kier molecular flexibility index (Phi) is 5.30. The molecule has 1 heterocycles. The highest BCUT2D eigenvalue weighted by Crippen LogP contribution is 2.26. The predicted molar refractivity (Wildman–Crippen MR) is 73.7 cm³/mol. The molecule has 24 heavy (non-hydrogen) atoms. The van der Waals surface area contributed by atoms with Gasteiger partial charge in [-0.3, -0.25) is 0 Å². The van der Waals surface area contributed by atoms with Crippen LogP contribution in [0.5, 0.6) is 5.75 Å². The van der Waals surface area contributed by atoms with Gasteiger partial charge in [0.25, 0.3) is 0 Å². The second kappa shape index (κ2) is 7.05. The molecule has 0 amide bonds. The van der Waals surface area contributed by atoms with Crippen LogP contribution in [0.1, 0.15) is 16.2 Å². The third-order valence-electron chi connectivity index (χ3n) is 2.50. The van der Waals surface area contributed by atoms with Crippen LogP contribution in [0.25, 0.3) is 0 Å². The Morgan fingerprint density at radius 2 is 1.88 bits per heavy atom. The van der Waals surface area contributed by atoms with E-state index in [0.29, 0.717) is 5.02 Å². The molecule has 0 atom stereocenters. The smallest absolute Gasteiger partial charge is 0.487 e. The molecule has 1 aromatic carbocycles. The first kappa shape index (κ1) is 18.0. The van der Waals surface area contributed by atoms with E-state index in [9.17, 15) is 22.8 Å². The number of aromatic nitrogens is 3. The SMILES string of the molecule is O=C(OC(=O)C(F)(F)F)c1n[nH]nc1COc1ccc(Cl)c(Cl)c1. The molecule has 0 spiro atoms. The molecule has 1 N–H and O–H groups in total. The van der Waals surface area contributed by atoms with Gasteiger partial charge in [-0.2, -0.15) is 23.5 Å². The normalized spacial score (nSPS) is 11.2. The van der Waals surface area contributed by atoms with Crippen LogP contribution in [0.15, 0.2) is 18.2 Å². The predicted octanol–water partition coefficient (Wildman–Crippen LogP) is 2.94. The number of halogens is 5. The lowest BCUT2D eigenvalue weighted by Gasteiger charge is -2.07. The topological polar surface area (TPSA) is 94.2 Å². The molecule has 2 aromatic rings. The lowest BCUT2D eigenvalue weighted by atomic mass is 10.3. The molecule has 0 radical (unpaired) electrons. The van der Waals surface area contributed by atoms with Gasteiger partial charge < -0.3 is 9.47 Å². The fourth-order valence-corrected chi connectivity index (χ4v) is 1.71. The van der Waals surface area contributed by atoms with E-state index in [2.05, 4.69) is 14.9 Å². The molecular weight excluding hydrogens is 378 g/mol. The lowest BCUT2D eigenvalue weighted by Crippen LogP contribution is -2.28. The van der Waals surface area contributed by atoms with Crippen LogP contribution >= 0.6 is 23.2 Å². The van der Waals surface area contributed by atoms with Crippen molar-refractivity contribution in [3.8, 4) is 5.75 Å². The standard InChI is InChI=1S/C12H6Cl2F3N3O4/c13-6-2-1-5(3-7(6)14)23-4-8-9(19-20-18-8)10(21)24-11(22)12(15,16)17/h1-3H,4H2,(H,18,19,20). The van der Waals surface area contributed by atoms with E-state index in [1.54, 1.807) is 0 Å². The summed E-state index contributed by atoms with van der Waals surface area (Å²) in [6.45, 7) is -0.348. The molecule has 0 aliphatic heterocycles. The summed E-state index contributed by atoms with van der Waals surface area (Å²) in [6, 6.07) is 4.31. The first-order valence-corrected chi connectivity index (χ1v) is 6.75. The van der Waals surface area contributed by atoms with Gasteiger partial charge in [-0.15, -0.1) is 5.10 Å². The second-order valence-electron chi connectivity index (χ2n) is 4.16. The maximum Gasteiger partial charge on any atom is 0.491 e. The van der Waals surface area contributed by atoms with Crippen molar-refractivity contribution in [2.45, 2.75) is 12.8 Å². The molecular formula is C12H6Cl2F3N3O4. The number of alkyl halides is 3. The minimum absolute atomic E-state index is 0.166. The van der Waals surface area contributed by atoms with Crippen molar-refractivity contribution in [2.24, 2.45) is 0 Å². The average Bonchev–Trinajstić information content (AvgIpc) is 2.96. The molecule has 1 aromatic heterocycles. The molecule has 0 fully saturated rings. The summed E-state index contributed by atoms with van der Waals surface area (Å²) in [6.07, 6.45) is -5.31. The molecule has 12 heteroatoms. The largest absolute Gasteiger partial charge is 0.491 e. The highest BCUT2D eigenvalue weighted by atomic mass is 35.5. The minimum atomic E-state index is -5.31. The summed E-state index contributed by atoms with van der Waals surface area (Å²) < 4.78 is 45.2. The Labute approximate surface area is 141 Å². The van der Waals surface area contributed by atoms with Crippen molar-refractivity contribution in [2.75, 3.05) is 0 Å². The van der Waals surface area contributed by atoms with E-state index in [0.717, 1.165) is 0 Å². The number of benzene rings is 1. The highest BCUT2D eigenvalue weighted by Gasteiger charge is 2.43. The second-order valence-corrected chi connectivity index (χ2v) is 4.97. The molecule has 0 aliphatic carbocycles. The molecule has 0 saturated heterocycles. The van der Waals surface area contributed by atoms with Crippen molar-refractivity contribution in [1.29, 1.82) is 0 Å². The molecule has 0 aliphatic rings. The maximum atomic E-state index is 12.1. The van der Waals surface area contributed by atoms with Crippen molar-refractivity contribution in [3.63, 3.8) is 0 Å². The zero-order valence-electron chi connectivity index (χ0n) is 11.4. The van der Waals surface area contributed by atoms with Gasteiger partial charge >= 0.3 is 18.1 Å². The number of rotatable bonds is 4. The minimum Gasteiger partial charge on any atom is -0.487 e. The van der Waals surface area contributed by atoms with Gasteiger partial charge in [-0.25, -0.2) is 9.59 Å². The number of hydrogen-bond acceptors (Lipinski definition) is 6. The Morgan fingerprint density at radius 1 is 1.17 bits per heavy atom. The number of esters is 2. The van der Waals surface area contributed by atoms with Gasteiger partial charge in [0.05, 0.1) is 10.0 Å². The average molecular weight is 384 g/mol. The maximum absolute atomic E-state index is 12.1. The quantitative estimate of drug-likeness (QED) is 0.644. The molecule has 0 saturated carbocycles. The summed E-state index contributed by atoms with van der Waals surface area (Å²) in [7, 11) is 0. The Morgan fingerprint density at radius 3 is 2.50 bits per heavy atom. The summed E-state index contributed by atoms with van der Waals surface area (Å²) in [5.74, 6) is -4.01. The van der Waals surface area contributed by atoms with Gasteiger partial charge in [0.1, 0.15) is 18.1 Å². The third-order valence-corrected chi connectivity index (χ3v) is 3.24.